The monoisotopic (exact) mass is 260 g/mol. The van der Waals surface area contributed by atoms with Gasteiger partial charge in [-0.15, -0.1) is 0 Å². The molecule has 4 heteroatoms. The third-order valence-electron chi connectivity index (χ3n) is 3.31. The molecule has 92 valence electrons. The molecule has 1 saturated heterocycles. The minimum atomic E-state index is -0.0137. The molecule has 18 heavy (non-hydrogen) atoms. The Balaban J connectivity index is 2.04. The number of carbonyl (C=O) groups is 1. The number of aromatic nitrogens is 1. The summed E-state index contributed by atoms with van der Waals surface area (Å²) in [5.41, 5.74) is 0.445. The fourth-order valence-corrected chi connectivity index (χ4v) is 2.61. The average molecular weight is 261 g/mol. The van der Waals surface area contributed by atoms with E-state index in [9.17, 15) is 4.79 Å². The second kappa shape index (κ2) is 4.58. The van der Waals surface area contributed by atoms with Gasteiger partial charge in [-0.25, -0.2) is 4.98 Å². The molecule has 1 aliphatic heterocycles. The lowest BCUT2D eigenvalue weighted by Gasteiger charge is -2.15. The summed E-state index contributed by atoms with van der Waals surface area (Å²) >= 11 is 6.13. The number of rotatable bonds is 1. The minimum absolute atomic E-state index is 0.0137. The van der Waals surface area contributed by atoms with Crippen molar-refractivity contribution in [1.82, 2.24) is 9.88 Å². The van der Waals surface area contributed by atoms with E-state index in [-0.39, 0.29) is 5.91 Å². The fourth-order valence-electron chi connectivity index (χ4n) is 2.35. The zero-order chi connectivity index (χ0) is 12.5. The number of hydrogen-bond acceptors (Lipinski definition) is 2. The van der Waals surface area contributed by atoms with Gasteiger partial charge in [0.15, 0.2) is 0 Å². The van der Waals surface area contributed by atoms with Gasteiger partial charge in [-0.3, -0.25) is 4.79 Å². The van der Waals surface area contributed by atoms with Crippen molar-refractivity contribution in [3.05, 3.63) is 41.2 Å². The number of fused-ring (bicyclic) bond motifs is 1. The maximum Gasteiger partial charge on any atom is 0.272 e. The van der Waals surface area contributed by atoms with Crippen molar-refractivity contribution in [3.8, 4) is 0 Å². The van der Waals surface area contributed by atoms with Crippen LogP contribution in [0.5, 0.6) is 0 Å². The van der Waals surface area contributed by atoms with Gasteiger partial charge in [-0.05, 0) is 24.3 Å². The highest BCUT2D eigenvalue weighted by Crippen LogP contribution is 2.23. The Kier molecular flexibility index (Phi) is 2.92. The number of halogens is 1. The molecule has 1 amide bonds. The van der Waals surface area contributed by atoms with Crippen molar-refractivity contribution in [3.63, 3.8) is 0 Å². The van der Waals surface area contributed by atoms with Crippen LogP contribution in [0.3, 0.4) is 0 Å². The van der Waals surface area contributed by atoms with Crippen molar-refractivity contribution in [1.29, 1.82) is 0 Å². The first-order valence-electron chi connectivity index (χ1n) is 6.10. The first-order valence-corrected chi connectivity index (χ1v) is 6.48. The van der Waals surface area contributed by atoms with Crippen LogP contribution in [-0.2, 0) is 0 Å². The highest BCUT2D eigenvalue weighted by Gasteiger charge is 2.21. The molecule has 3 nitrogen and oxygen atoms in total. The van der Waals surface area contributed by atoms with Gasteiger partial charge in [0.25, 0.3) is 5.91 Å². The van der Waals surface area contributed by atoms with Crippen LogP contribution in [-0.4, -0.2) is 28.9 Å². The van der Waals surface area contributed by atoms with Crippen molar-refractivity contribution < 1.29 is 4.79 Å². The minimum Gasteiger partial charge on any atom is -0.337 e. The van der Waals surface area contributed by atoms with Crippen LogP contribution in [0.1, 0.15) is 23.3 Å². The Morgan fingerprint density at radius 2 is 1.94 bits per heavy atom. The molecule has 0 atom stereocenters. The van der Waals surface area contributed by atoms with Crippen molar-refractivity contribution in [2.45, 2.75) is 12.8 Å². The van der Waals surface area contributed by atoms with E-state index in [0.29, 0.717) is 10.8 Å². The molecule has 1 fully saturated rings. The van der Waals surface area contributed by atoms with Gasteiger partial charge in [-0.1, -0.05) is 35.9 Å². The number of amides is 1. The van der Waals surface area contributed by atoms with Gasteiger partial charge in [0.05, 0.1) is 0 Å². The third kappa shape index (κ3) is 1.95. The van der Waals surface area contributed by atoms with Gasteiger partial charge in [0, 0.05) is 18.5 Å². The summed E-state index contributed by atoms with van der Waals surface area (Å²) < 4.78 is 0. The lowest BCUT2D eigenvalue weighted by molar-refractivity contribution is 0.0787. The quantitative estimate of drug-likeness (QED) is 0.738. The van der Waals surface area contributed by atoms with E-state index in [2.05, 4.69) is 4.98 Å². The highest BCUT2D eigenvalue weighted by atomic mass is 35.5. The number of pyridine rings is 1. The van der Waals surface area contributed by atoms with Gasteiger partial charge in [0.2, 0.25) is 0 Å². The molecule has 1 aromatic heterocycles. The maximum atomic E-state index is 12.2. The summed E-state index contributed by atoms with van der Waals surface area (Å²) in [6.07, 6.45) is 2.15. The molecule has 1 aliphatic rings. The smallest absolute Gasteiger partial charge is 0.272 e. The summed E-state index contributed by atoms with van der Waals surface area (Å²) in [5, 5.41) is 2.24. The Morgan fingerprint density at radius 3 is 2.72 bits per heavy atom. The number of hydrogen-bond donors (Lipinski definition) is 0. The lowest BCUT2D eigenvalue weighted by Crippen LogP contribution is -2.28. The van der Waals surface area contributed by atoms with E-state index < -0.39 is 0 Å². The molecule has 0 aliphatic carbocycles. The summed E-state index contributed by atoms with van der Waals surface area (Å²) in [5.74, 6) is -0.0137. The predicted octanol–water partition coefficient (Wildman–Crippen LogP) is 3.12. The van der Waals surface area contributed by atoms with Crippen LogP contribution in [0.15, 0.2) is 30.3 Å². The molecule has 2 aromatic rings. The van der Waals surface area contributed by atoms with Crippen molar-refractivity contribution in [2.75, 3.05) is 13.1 Å². The van der Waals surface area contributed by atoms with Gasteiger partial charge in [0.1, 0.15) is 10.8 Å². The van der Waals surface area contributed by atoms with E-state index in [4.69, 9.17) is 11.6 Å². The number of nitrogens with zero attached hydrogens (tertiary/aromatic N) is 2. The Hall–Kier alpha value is -1.61. The zero-order valence-electron chi connectivity index (χ0n) is 9.90. The van der Waals surface area contributed by atoms with E-state index in [1.165, 1.54) is 0 Å². The van der Waals surface area contributed by atoms with Crippen molar-refractivity contribution in [2.24, 2.45) is 0 Å². The SMILES string of the molecule is O=C(c1cc2ccccc2c(Cl)n1)N1CCCC1. The molecule has 1 aromatic carbocycles. The van der Waals surface area contributed by atoms with Crippen LogP contribution < -0.4 is 0 Å². The van der Waals surface area contributed by atoms with Crippen LogP contribution in [0.4, 0.5) is 0 Å². The summed E-state index contributed by atoms with van der Waals surface area (Å²) in [7, 11) is 0. The summed E-state index contributed by atoms with van der Waals surface area (Å²) in [4.78, 5) is 18.3. The second-order valence-electron chi connectivity index (χ2n) is 4.52. The average Bonchev–Trinajstić information content (AvgIpc) is 2.91. The Bertz CT molecular complexity index is 606. The Labute approximate surface area is 110 Å². The van der Waals surface area contributed by atoms with Crippen LogP contribution in [0.2, 0.25) is 5.15 Å². The number of benzene rings is 1. The predicted molar refractivity (Wildman–Crippen MR) is 71.9 cm³/mol. The van der Waals surface area contributed by atoms with Gasteiger partial charge < -0.3 is 4.90 Å². The third-order valence-corrected chi connectivity index (χ3v) is 3.59. The fraction of sp³-hybridized carbons (Fsp3) is 0.286. The first kappa shape index (κ1) is 11.5. The van der Waals surface area contributed by atoms with Gasteiger partial charge >= 0.3 is 0 Å². The van der Waals surface area contributed by atoms with E-state index in [0.717, 1.165) is 36.7 Å². The molecule has 3 rings (SSSR count). The maximum absolute atomic E-state index is 12.2. The first-order chi connectivity index (χ1) is 8.75. The van der Waals surface area contributed by atoms with Gasteiger partial charge in [-0.2, -0.15) is 0 Å². The second-order valence-corrected chi connectivity index (χ2v) is 4.88. The standard InChI is InChI=1S/C14H13ClN2O/c15-13-11-6-2-1-5-10(11)9-12(16-13)14(18)17-7-3-4-8-17/h1-2,5-6,9H,3-4,7-8H2. The highest BCUT2D eigenvalue weighted by molar-refractivity contribution is 6.34. The molecule has 0 radical (unpaired) electrons. The van der Waals surface area contributed by atoms with Crippen LogP contribution >= 0.6 is 11.6 Å². The number of likely N-dealkylation sites (tertiary alicyclic amines) is 1. The summed E-state index contributed by atoms with van der Waals surface area (Å²) in [6.45, 7) is 1.65. The molecule has 0 bridgehead atoms. The molecular weight excluding hydrogens is 248 g/mol. The molecule has 0 spiro atoms. The largest absolute Gasteiger partial charge is 0.337 e. The molecule has 2 heterocycles. The normalized spacial score (nSPS) is 15.3. The Morgan fingerprint density at radius 1 is 1.22 bits per heavy atom. The van der Waals surface area contributed by atoms with E-state index in [1.807, 2.05) is 35.2 Å². The zero-order valence-corrected chi connectivity index (χ0v) is 10.7. The number of carbonyl (C=O) groups excluding carboxylic acids is 1. The van der Waals surface area contributed by atoms with Crippen molar-refractivity contribution >= 4 is 28.3 Å². The molecular formula is C14H13ClN2O. The van der Waals surface area contributed by atoms with Crippen LogP contribution in [0, 0.1) is 0 Å². The van der Waals surface area contributed by atoms with Crippen LogP contribution in [0.25, 0.3) is 10.8 Å². The van der Waals surface area contributed by atoms with E-state index in [1.54, 1.807) is 0 Å². The lowest BCUT2D eigenvalue weighted by atomic mass is 10.1. The summed E-state index contributed by atoms with van der Waals surface area (Å²) in [6, 6.07) is 9.53. The molecule has 0 saturated carbocycles. The topological polar surface area (TPSA) is 33.2 Å². The van der Waals surface area contributed by atoms with E-state index >= 15 is 0 Å². The molecule has 0 N–H and O–H groups in total. The molecule has 0 unspecified atom stereocenters.